The number of carbonyl (C=O) groups excluding carboxylic acids is 1. The Bertz CT molecular complexity index is 1920. The number of methoxy groups -OCH3 is 1. The second-order valence-electron chi connectivity index (χ2n) is 12.5. The van der Waals surface area contributed by atoms with Gasteiger partial charge in [0, 0.05) is 54.4 Å². The lowest BCUT2D eigenvalue weighted by Gasteiger charge is -2.54. The average molecular weight is 696 g/mol. The summed E-state index contributed by atoms with van der Waals surface area (Å²) in [5.74, 6) is 4.86. The summed E-state index contributed by atoms with van der Waals surface area (Å²) in [5.41, 5.74) is 0.195. The third-order valence-corrected chi connectivity index (χ3v) is 10.0. The molecule has 4 aliphatic heterocycles. The Morgan fingerprint density at radius 3 is 2.71 bits per heavy atom. The topological polar surface area (TPSA) is 83.9 Å². The number of fused-ring (bicyclic) bond motifs is 3. The monoisotopic (exact) mass is 694 g/mol. The minimum Gasteiger partial charge on any atom is -0.467 e. The number of anilines is 1. The molecule has 4 fully saturated rings. The number of piperazine rings is 1. The van der Waals surface area contributed by atoms with Crippen LogP contribution in [-0.2, 0) is 9.53 Å². The molecule has 4 aromatic rings. The number of ether oxygens (including phenoxy) is 2. The summed E-state index contributed by atoms with van der Waals surface area (Å²) in [6.45, 7) is 3.81. The maximum atomic E-state index is 16.2. The van der Waals surface area contributed by atoms with E-state index in [1.54, 1.807) is 23.2 Å². The molecule has 1 spiro atoms. The van der Waals surface area contributed by atoms with E-state index in [1.807, 2.05) is 29.2 Å². The molecule has 2 unspecified atom stereocenters. The molecule has 48 heavy (non-hydrogen) atoms. The second kappa shape index (κ2) is 13.6. The molecule has 2 atom stereocenters. The average Bonchev–Trinajstić information content (AvgIpc) is 3.67. The Morgan fingerprint density at radius 2 is 1.98 bits per heavy atom. The summed E-state index contributed by atoms with van der Waals surface area (Å²) < 4.78 is 39.7. The predicted molar refractivity (Wildman–Crippen MR) is 182 cm³/mol. The molecule has 4 aliphatic rings. The molecule has 6 heterocycles. The van der Waals surface area contributed by atoms with E-state index in [0.29, 0.717) is 72.6 Å². The van der Waals surface area contributed by atoms with Crippen molar-refractivity contribution in [2.24, 2.45) is 0 Å². The van der Waals surface area contributed by atoms with Crippen molar-refractivity contribution in [3.8, 4) is 29.1 Å². The Morgan fingerprint density at radius 1 is 1.17 bits per heavy atom. The van der Waals surface area contributed by atoms with Crippen LogP contribution in [-0.4, -0.2) is 107 Å². The van der Waals surface area contributed by atoms with Gasteiger partial charge in [-0.25, -0.2) is 8.78 Å². The molecule has 2 aromatic carbocycles. The number of nitrogens with zero attached hydrogens (tertiary/aromatic N) is 6. The lowest BCUT2D eigenvalue weighted by atomic mass is 9.91. The lowest BCUT2D eigenvalue weighted by molar-refractivity contribution is -0.164. The molecule has 2 aromatic heterocycles. The number of benzene rings is 2. The summed E-state index contributed by atoms with van der Waals surface area (Å²) in [6, 6.07) is 11.7. The lowest BCUT2D eigenvalue weighted by Crippen LogP contribution is -2.72. The summed E-state index contributed by atoms with van der Waals surface area (Å²) in [4.78, 5) is 32.2. The number of amides is 1. The maximum absolute atomic E-state index is 16.2. The molecule has 0 aliphatic carbocycles. The Balaban J connectivity index is 0.000000347. The fourth-order valence-electron chi connectivity index (χ4n) is 7.30. The van der Waals surface area contributed by atoms with Crippen LogP contribution < -0.4 is 9.64 Å². The summed E-state index contributed by atoms with van der Waals surface area (Å²) in [5, 5.41) is 2.51. The molecule has 9 nitrogen and oxygen atoms in total. The van der Waals surface area contributed by atoms with Gasteiger partial charge in [-0.3, -0.25) is 14.7 Å². The molecular formula is C35H34Cl2F2N6O3. The van der Waals surface area contributed by atoms with Crippen molar-refractivity contribution >= 4 is 56.6 Å². The van der Waals surface area contributed by atoms with Crippen LogP contribution >= 0.6 is 23.2 Å². The molecule has 8 rings (SSSR count). The van der Waals surface area contributed by atoms with Gasteiger partial charge in [0.05, 0.1) is 31.6 Å². The molecule has 13 heteroatoms. The predicted octanol–water partition coefficient (Wildman–Crippen LogP) is 5.50. The van der Waals surface area contributed by atoms with Crippen LogP contribution in [0.15, 0.2) is 42.6 Å². The Kier molecular flexibility index (Phi) is 9.26. The SMILES string of the molecule is COc1nc(N2CCN(C(=O)C#CCCl)C3(COC3)C2)c2cnc(-c3cccc4cccc(Cl)c34)c(F)c2n1.FC1CC2CCCN2C1. The number of alkyl halides is 2. The minimum atomic E-state index is -0.603. The molecule has 0 N–H and O–H groups in total. The second-order valence-corrected chi connectivity index (χ2v) is 13.2. The van der Waals surface area contributed by atoms with E-state index in [0.717, 1.165) is 18.4 Å². The Hall–Kier alpha value is -3.82. The van der Waals surface area contributed by atoms with Crippen molar-refractivity contribution < 1.29 is 23.0 Å². The van der Waals surface area contributed by atoms with Crippen molar-refractivity contribution in [2.45, 2.75) is 37.0 Å². The summed E-state index contributed by atoms with van der Waals surface area (Å²) in [6.07, 6.45) is 4.39. The van der Waals surface area contributed by atoms with Crippen LogP contribution in [0.2, 0.25) is 5.02 Å². The fourth-order valence-corrected chi connectivity index (χ4v) is 7.65. The fraction of sp³-hybridized carbons (Fsp3) is 0.429. The standard InChI is InChI=1S/C28H22Cl2FN5O3.C7H12FN/c1-38-27-33-25-19(13-32-24(23(25)31)18-7-2-5-17-6-3-8-20(30)22(17)18)26(34-27)35-11-12-36(21(37)9-4-10-29)28(14-35)15-39-16-28;8-6-4-7-2-1-3-9(7)5-6/h2-3,5-8,13H,10-12,14-16H2,1H3;6-7H,1-5H2. The molecule has 0 bridgehead atoms. The third-order valence-electron chi connectivity index (χ3n) is 9.59. The summed E-state index contributed by atoms with van der Waals surface area (Å²) >= 11 is 12.2. The van der Waals surface area contributed by atoms with Crippen molar-refractivity contribution in [1.29, 1.82) is 0 Å². The van der Waals surface area contributed by atoms with Gasteiger partial charge in [-0.1, -0.05) is 47.9 Å². The first-order valence-corrected chi connectivity index (χ1v) is 16.9. The van der Waals surface area contributed by atoms with E-state index in [4.69, 9.17) is 32.7 Å². The van der Waals surface area contributed by atoms with Gasteiger partial charge in [0.2, 0.25) is 0 Å². The van der Waals surface area contributed by atoms with E-state index in [1.165, 1.54) is 20.0 Å². The molecule has 250 valence electrons. The number of carbonyl (C=O) groups is 1. The van der Waals surface area contributed by atoms with Crippen LogP contribution in [0, 0.1) is 17.7 Å². The van der Waals surface area contributed by atoms with Crippen LogP contribution in [0.25, 0.3) is 32.9 Å². The van der Waals surface area contributed by atoms with Crippen molar-refractivity contribution in [1.82, 2.24) is 24.8 Å². The summed E-state index contributed by atoms with van der Waals surface area (Å²) in [7, 11) is 1.43. The minimum absolute atomic E-state index is 0.0231. The van der Waals surface area contributed by atoms with Gasteiger partial charge in [-0.2, -0.15) is 9.97 Å². The van der Waals surface area contributed by atoms with Crippen LogP contribution in [0.1, 0.15) is 19.3 Å². The number of halogens is 4. The normalized spacial score (nSPS) is 21.4. The van der Waals surface area contributed by atoms with E-state index >= 15 is 4.39 Å². The third kappa shape index (κ3) is 6.00. The van der Waals surface area contributed by atoms with E-state index in [9.17, 15) is 9.18 Å². The van der Waals surface area contributed by atoms with Crippen molar-refractivity contribution in [3.05, 3.63) is 53.4 Å². The van der Waals surface area contributed by atoms with Crippen molar-refractivity contribution in [3.63, 3.8) is 0 Å². The van der Waals surface area contributed by atoms with Crippen LogP contribution in [0.3, 0.4) is 0 Å². The quantitative estimate of drug-likeness (QED) is 0.206. The van der Waals surface area contributed by atoms with Gasteiger partial charge in [0.25, 0.3) is 5.91 Å². The first kappa shape index (κ1) is 32.7. The van der Waals surface area contributed by atoms with E-state index in [2.05, 4.69) is 31.7 Å². The first-order valence-electron chi connectivity index (χ1n) is 16.0. The van der Waals surface area contributed by atoms with Gasteiger partial charge in [-0.15, -0.1) is 11.6 Å². The number of pyridine rings is 1. The number of rotatable bonds is 3. The molecule has 0 saturated carbocycles. The highest BCUT2D eigenvalue weighted by molar-refractivity contribution is 6.36. The molecule has 0 radical (unpaired) electrons. The molecular weight excluding hydrogens is 661 g/mol. The smallest absolute Gasteiger partial charge is 0.318 e. The molecule has 1 amide bonds. The van der Waals surface area contributed by atoms with Gasteiger partial charge < -0.3 is 19.3 Å². The van der Waals surface area contributed by atoms with Gasteiger partial charge in [0.15, 0.2) is 5.82 Å². The first-order chi connectivity index (χ1) is 23.3. The zero-order valence-electron chi connectivity index (χ0n) is 26.4. The highest BCUT2D eigenvalue weighted by Gasteiger charge is 2.50. The Labute approximate surface area is 287 Å². The highest BCUT2D eigenvalue weighted by atomic mass is 35.5. The van der Waals surface area contributed by atoms with Crippen LogP contribution in [0.5, 0.6) is 6.01 Å². The van der Waals surface area contributed by atoms with E-state index < -0.39 is 17.5 Å². The van der Waals surface area contributed by atoms with Gasteiger partial charge in [0.1, 0.15) is 28.7 Å². The zero-order valence-corrected chi connectivity index (χ0v) is 27.9. The zero-order chi connectivity index (χ0) is 33.4. The van der Waals surface area contributed by atoms with Gasteiger partial charge in [-0.05, 0) is 43.2 Å². The number of hydrogen-bond acceptors (Lipinski definition) is 8. The maximum Gasteiger partial charge on any atom is 0.318 e. The van der Waals surface area contributed by atoms with Crippen molar-refractivity contribution in [2.75, 3.05) is 63.8 Å². The largest absolute Gasteiger partial charge is 0.467 e. The van der Waals surface area contributed by atoms with Crippen LogP contribution in [0.4, 0.5) is 14.6 Å². The number of aromatic nitrogens is 3. The van der Waals surface area contributed by atoms with E-state index in [-0.39, 0.29) is 29.0 Å². The van der Waals surface area contributed by atoms with Gasteiger partial charge >= 0.3 is 6.01 Å². The molecule has 4 saturated heterocycles. The number of hydrogen-bond donors (Lipinski definition) is 0. The highest BCUT2D eigenvalue weighted by Crippen LogP contribution is 2.39.